The van der Waals surface area contributed by atoms with Gasteiger partial charge in [-0.25, -0.2) is 0 Å². The van der Waals surface area contributed by atoms with Gasteiger partial charge in [-0.05, 0) is 59.4 Å². The number of rotatable bonds is 5. The first-order valence-electron chi connectivity index (χ1n) is 15.9. The number of allylic oxidation sites excluding steroid dienone is 3. The van der Waals surface area contributed by atoms with Gasteiger partial charge >= 0.3 is 0 Å². The fourth-order valence-corrected chi connectivity index (χ4v) is 6.92. The van der Waals surface area contributed by atoms with Crippen molar-refractivity contribution in [3.63, 3.8) is 0 Å². The van der Waals surface area contributed by atoms with Gasteiger partial charge in [0.25, 0.3) is 0 Å². The van der Waals surface area contributed by atoms with E-state index in [-0.39, 0.29) is 24.2 Å². The molecule has 2 N–H and O–H groups in total. The number of nitrogens with zero attached hydrogens (tertiary/aromatic N) is 2. The maximum absolute atomic E-state index is 5.36. The number of aromatic nitrogens is 1. The lowest BCUT2D eigenvalue weighted by atomic mass is 9.95. The number of amidine groups is 1. The van der Waals surface area contributed by atoms with Crippen LogP contribution in [-0.4, -0.2) is 16.4 Å². The third kappa shape index (κ3) is 5.12. The normalized spacial score (nSPS) is 22.7. The first kappa shape index (κ1) is 27.2. The summed E-state index contributed by atoms with van der Waals surface area (Å²) in [5, 5.41) is 10.1. The molecule has 0 saturated carbocycles. The third-order valence-electron chi connectivity index (χ3n) is 9.24. The van der Waals surface area contributed by atoms with Gasteiger partial charge in [0.05, 0.1) is 23.1 Å². The minimum atomic E-state index is -0.0898. The largest absolute Gasteiger partial charge is 0.367 e. The van der Waals surface area contributed by atoms with Crippen LogP contribution in [0.1, 0.15) is 31.1 Å². The molecule has 4 heteroatoms. The van der Waals surface area contributed by atoms with E-state index in [2.05, 4.69) is 174 Å². The molecular weight excluding hydrogens is 548 g/mol. The highest BCUT2D eigenvalue weighted by molar-refractivity contribution is 6.09. The summed E-state index contributed by atoms with van der Waals surface area (Å²) < 4.78 is 2.43. The van der Waals surface area contributed by atoms with Gasteiger partial charge < -0.3 is 15.2 Å². The first-order valence-corrected chi connectivity index (χ1v) is 15.9. The highest BCUT2D eigenvalue weighted by Crippen LogP contribution is 2.36. The van der Waals surface area contributed by atoms with Crippen molar-refractivity contribution in [2.75, 3.05) is 0 Å². The molecule has 5 aromatic rings. The van der Waals surface area contributed by atoms with Crippen molar-refractivity contribution in [3.05, 3.63) is 169 Å². The third-order valence-corrected chi connectivity index (χ3v) is 9.24. The summed E-state index contributed by atoms with van der Waals surface area (Å²) in [6, 6.07) is 36.9. The molecule has 4 unspecified atom stereocenters. The second-order valence-corrected chi connectivity index (χ2v) is 12.1. The smallest absolute Gasteiger partial charge is 0.123 e. The molecule has 0 amide bonds. The summed E-state index contributed by atoms with van der Waals surface area (Å²) in [6.07, 6.45) is 18.7. The monoisotopic (exact) mass is 584 g/mol. The second-order valence-electron chi connectivity index (χ2n) is 12.1. The van der Waals surface area contributed by atoms with E-state index in [4.69, 9.17) is 4.99 Å². The SMILES string of the molecule is CC1=CC(C2=CNC(n3c4ccccc4c4ccc(-c5ccccc5)cc43)C=C2)N=C(C2C=CC=CC2)NC1c1ccccc1. The van der Waals surface area contributed by atoms with Crippen LogP contribution >= 0.6 is 0 Å². The maximum Gasteiger partial charge on any atom is 0.123 e. The molecule has 0 bridgehead atoms. The van der Waals surface area contributed by atoms with Gasteiger partial charge in [-0.3, -0.25) is 4.99 Å². The fraction of sp³-hybridized carbons (Fsp3) is 0.146. The summed E-state index contributed by atoms with van der Waals surface area (Å²) in [7, 11) is 0. The molecule has 8 rings (SSSR count). The summed E-state index contributed by atoms with van der Waals surface area (Å²) in [5.74, 6) is 1.27. The fourth-order valence-electron chi connectivity index (χ4n) is 6.92. The molecular formula is C41H36N4. The number of nitrogens with one attached hydrogen (secondary N) is 2. The second kappa shape index (κ2) is 11.6. The predicted molar refractivity (Wildman–Crippen MR) is 188 cm³/mol. The summed E-state index contributed by atoms with van der Waals surface area (Å²) in [6.45, 7) is 2.22. The van der Waals surface area contributed by atoms with Crippen molar-refractivity contribution in [1.82, 2.24) is 15.2 Å². The molecule has 2 aliphatic heterocycles. The Bertz CT molecular complexity index is 2060. The van der Waals surface area contributed by atoms with Gasteiger partial charge in [0, 0.05) is 22.9 Å². The van der Waals surface area contributed by atoms with E-state index in [9.17, 15) is 0 Å². The number of aliphatic imine (C=N–C) groups is 1. The van der Waals surface area contributed by atoms with Crippen molar-refractivity contribution in [2.45, 2.75) is 31.6 Å². The van der Waals surface area contributed by atoms with Crippen LogP contribution in [0.2, 0.25) is 0 Å². The molecule has 1 aromatic heterocycles. The van der Waals surface area contributed by atoms with E-state index >= 15 is 0 Å². The van der Waals surface area contributed by atoms with Gasteiger partial charge in [-0.15, -0.1) is 0 Å². The number of hydrogen-bond donors (Lipinski definition) is 2. The maximum atomic E-state index is 5.36. The van der Waals surface area contributed by atoms with Crippen LogP contribution in [0.3, 0.4) is 0 Å². The topological polar surface area (TPSA) is 41.4 Å². The molecule has 0 fully saturated rings. The van der Waals surface area contributed by atoms with Crippen molar-refractivity contribution < 1.29 is 0 Å². The molecule has 45 heavy (non-hydrogen) atoms. The minimum absolute atomic E-state index is 0.0249. The molecule has 4 atom stereocenters. The predicted octanol–water partition coefficient (Wildman–Crippen LogP) is 9.19. The summed E-state index contributed by atoms with van der Waals surface area (Å²) >= 11 is 0. The van der Waals surface area contributed by atoms with Crippen LogP contribution < -0.4 is 10.6 Å². The number of hydrogen-bond acceptors (Lipinski definition) is 3. The van der Waals surface area contributed by atoms with Gasteiger partial charge in [0.15, 0.2) is 0 Å². The van der Waals surface area contributed by atoms with Crippen LogP contribution in [0.5, 0.6) is 0 Å². The lowest BCUT2D eigenvalue weighted by Gasteiger charge is -2.25. The first-order chi connectivity index (χ1) is 22.2. The standard InChI is InChI=1S/C41H36N4/c1-28-25-36(43-41(31-17-9-4-10-18-31)44-40(28)30-15-7-3-8-16-30)33-22-24-39(42-27-33)45-37-20-12-11-19-34(37)35-23-21-32(26-38(35)45)29-13-5-2-6-14-29/h2-17,19-27,31,36,39-40,42H,18H2,1H3,(H,43,44). The molecule has 3 heterocycles. The van der Waals surface area contributed by atoms with Crippen LogP contribution in [0.4, 0.5) is 0 Å². The number of para-hydroxylation sites is 1. The number of dihydropyridines is 1. The Morgan fingerprint density at radius 1 is 0.756 bits per heavy atom. The van der Waals surface area contributed by atoms with E-state index in [0.29, 0.717) is 0 Å². The highest BCUT2D eigenvalue weighted by Gasteiger charge is 2.27. The zero-order valence-electron chi connectivity index (χ0n) is 25.3. The highest BCUT2D eigenvalue weighted by atomic mass is 15.2. The van der Waals surface area contributed by atoms with Crippen LogP contribution in [0.25, 0.3) is 32.9 Å². The summed E-state index contributed by atoms with van der Waals surface area (Å²) in [4.78, 5) is 5.36. The number of benzene rings is 4. The Kier molecular flexibility index (Phi) is 7.03. The minimum Gasteiger partial charge on any atom is -0.367 e. The Balaban J connectivity index is 1.16. The average Bonchev–Trinajstić information content (AvgIpc) is 3.33. The Morgan fingerprint density at radius 2 is 1.53 bits per heavy atom. The quantitative estimate of drug-likeness (QED) is 0.202. The summed E-state index contributed by atoms with van der Waals surface area (Å²) in [5.41, 5.74) is 8.55. The van der Waals surface area contributed by atoms with E-state index < -0.39 is 0 Å². The van der Waals surface area contributed by atoms with Gasteiger partial charge in [0.2, 0.25) is 0 Å². The van der Waals surface area contributed by atoms with Crippen molar-refractivity contribution in [2.24, 2.45) is 10.9 Å². The zero-order chi connectivity index (χ0) is 30.2. The molecule has 4 nitrogen and oxygen atoms in total. The molecule has 3 aliphatic rings. The molecule has 0 spiro atoms. The molecule has 0 saturated heterocycles. The molecule has 220 valence electrons. The zero-order valence-corrected chi connectivity index (χ0v) is 25.3. The van der Waals surface area contributed by atoms with Crippen LogP contribution in [0.15, 0.2) is 168 Å². The Labute approximate surface area is 264 Å². The van der Waals surface area contributed by atoms with E-state index in [1.54, 1.807) is 0 Å². The van der Waals surface area contributed by atoms with Crippen molar-refractivity contribution in [3.8, 4) is 11.1 Å². The van der Waals surface area contributed by atoms with Gasteiger partial charge in [0.1, 0.15) is 12.0 Å². The Morgan fingerprint density at radius 3 is 2.31 bits per heavy atom. The number of fused-ring (bicyclic) bond motifs is 3. The average molecular weight is 585 g/mol. The van der Waals surface area contributed by atoms with Gasteiger partial charge in [-0.2, -0.15) is 0 Å². The van der Waals surface area contributed by atoms with Crippen molar-refractivity contribution in [1.29, 1.82) is 0 Å². The van der Waals surface area contributed by atoms with Crippen LogP contribution in [0, 0.1) is 5.92 Å². The van der Waals surface area contributed by atoms with E-state index in [0.717, 1.165) is 17.8 Å². The Hall–Kier alpha value is -5.35. The van der Waals surface area contributed by atoms with Gasteiger partial charge in [-0.1, -0.05) is 127 Å². The molecule has 4 aromatic carbocycles. The lowest BCUT2D eigenvalue weighted by Crippen LogP contribution is -2.34. The molecule has 0 radical (unpaired) electrons. The van der Waals surface area contributed by atoms with E-state index in [1.807, 2.05) is 0 Å². The van der Waals surface area contributed by atoms with Crippen LogP contribution in [-0.2, 0) is 0 Å². The molecule has 1 aliphatic carbocycles. The van der Waals surface area contributed by atoms with E-state index in [1.165, 1.54) is 44.1 Å². The lowest BCUT2D eigenvalue weighted by molar-refractivity contribution is 0.571. The van der Waals surface area contributed by atoms with Crippen molar-refractivity contribution >= 4 is 27.6 Å².